The molecule has 4 nitrogen and oxygen atoms in total. The molecule has 1 N–H and O–H groups in total. The minimum Gasteiger partial charge on any atom is -0.489 e. The molecule has 4 aromatic rings. The second kappa shape index (κ2) is 10.6. The second-order valence-corrected chi connectivity index (χ2v) is 10.1. The molecule has 1 aliphatic heterocycles. The van der Waals surface area contributed by atoms with Crippen LogP contribution in [0.1, 0.15) is 59.4 Å². The van der Waals surface area contributed by atoms with Gasteiger partial charge in [0.1, 0.15) is 18.5 Å². The maximum Gasteiger partial charge on any atom is 0.262 e. The molecular weight excluding hydrogens is 512 g/mol. The summed E-state index contributed by atoms with van der Waals surface area (Å²) in [7, 11) is 0. The van der Waals surface area contributed by atoms with Crippen molar-refractivity contribution in [2.45, 2.75) is 39.0 Å². The van der Waals surface area contributed by atoms with Crippen molar-refractivity contribution < 1.29 is 9.53 Å². The highest BCUT2D eigenvalue weighted by Crippen LogP contribution is 2.37. The Morgan fingerprint density at radius 1 is 0.917 bits per heavy atom. The van der Waals surface area contributed by atoms with Crippen LogP contribution in [0.2, 0.25) is 0 Å². The first kappa shape index (κ1) is 24.1. The van der Waals surface area contributed by atoms with E-state index in [1.165, 1.54) is 5.56 Å². The fourth-order valence-electron chi connectivity index (χ4n) is 4.45. The summed E-state index contributed by atoms with van der Waals surface area (Å²) in [5.41, 5.74) is 5.76. The highest BCUT2D eigenvalue weighted by molar-refractivity contribution is 9.10. The van der Waals surface area contributed by atoms with Crippen molar-refractivity contribution in [3.8, 4) is 5.75 Å². The molecule has 2 atom stereocenters. The van der Waals surface area contributed by atoms with E-state index in [0.29, 0.717) is 18.1 Å². The Morgan fingerprint density at radius 3 is 2.31 bits per heavy atom. The van der Waals surface area contributed by atoms with Crippen molar-refractivity contribution >= 4 is 33.2 Å². The van der Waals surface area contributed by atoms with Crippen molar-refractivity contribution in [2.75, 3.05) is 10.2 Å². The lowest BCUT2D eigenvalue weighted by Gasteiger charge is -2.38. The number of hydrogen-bond acceptors (Lipinski definition) is 3. The number of rotatable bonds is 7. The molecular formula is C31H29BrN2O2. The van der Waals surface area contributed by atoms with Crippen LogP contribution in [-0.2, 0) is 6.61 Å². The van der Waals surface area contributed by atoms with Crippen LogP contribution < -0.4 is 15.0 Å². The molecule has 0 saturated heterocycles. The van der Waals surface area contributed by atoms with E-state index in [9.17, 15) is 4.79 Å². The summed E-state index contributed by atoms with van der Waals surface area (Å²) in [6.07, 6.45) is 0.748. The van der Waals surface area contributed by atoms with Gasteiger partial charge in [-0.1, -0.05) is 78.3 Å². The average molecular weight is 541 g/mol. The van der Waals surface area contributed by atoms with E-state index < -0.39 is 0 Å². The Hall–Kier alpha value is -3.57. The van der Waals surface area contributed by atoms with Crippen LogP contribution >= 0.6 is 15.9 Å². The smallest absolute Gasteiger partial charge is 0.262 e. The maximum atomic E-state index is 13.7. The molecule has 182 valence electrons. The van der Waals surface area contributed by atoms with Gasteiger partial charge < -0.3 is 10.1 Å². The number of halogens is 1. The van der Waals surface area contributed by atoms with Gasteiger partial charge in [-0.05, 0) is 77.6 Å². The predicted molar refractivity (Wildman–Crippen MR) is 150 cm³/mol. The lowest BCUT2D eigenvalue weighted by atomic mass is 9.97. The summed E-state index contributed by atoms with van der Waals surface area (Å²) in [6.45, 7) is 4.91. The number of benzene rings is 4. The number of amides is 1. The van der Waals surface area contributed by atoms with Crippen LogP contribution in [0.3, 0.4) is 0 Å². The molecule has 1 aliphatic rings. The average Bonchev–Trinajstić information content (AvgIpc) is 2.93. The lowest BCUT2D eigenvalue weighted by molar-refractivity contribution is 0.0975. The number of fused-ring (bicyclic) bond motifs is 1. The molecule has 0 unspecified atom stereocenters. The van der Waals surface area contributed by atoms with E-state index in [4.69, 9.17) is 4.74 Å². The molecule has 4 aromatic carbocycles. The largest absolute Gasteiger partial charge is 0.489 e. The van der Waals surface area contributed by atoms with E-state index in [1.807, 2.05) is 77.7 Å². The van der Waals surface area contributed by atoms with Crippen molar-refractivity contribution in [1.82, 2.24) is 0 Å². The molecule has 1 heterocycles. The van der Waals surface area contributed by atoms with E-state index in [1.54, 1.807) is 0 Å². The quantitative estimate of drug-likeness (QED) is 0.256. The minimum absolute atomic E-state index is 0.0128. The standard InChI is InChI=1S/C31H29BrN2O2/c1-3-21(2)23-10-16-26(17-11-23)34-30(33-29-7-5-4-6-28(29)31(34)35)24-12-18-27(19-13-24)36-20-22-8-14-25(32)15-9-22/h4-19,21,30,33H,3,20H2,1-2H3/t21-,30-/m0/s1. The van der Waals surface area contributed by atoms with Crippen molar-refractivity contribution in [3.63, 3.8) is 0 Å². The van der Waals surface area contributed by atoms with Crippen LogP contribution in [0.25, 0.3) is 0 Å². The number of carbonyl (C=O) groups excluding carboxylic acids is 1. The third-order valence-corrected chi connectivity index (χ3v) is 7.32. The van der Waals surface area contributed by atoms with Crippen LogP contribution in [0.15, 0.2) is 102 Å². The monoisotopic (exact) mass is 540 g/mol. The van der Waals surface area contributed by atoms with E-state index in [-0.39, 0.29) is 12.1 Å². The van der Waals surface area contributed by atoms with Gasteiger partial charge in [0.15, 0.2) is 0 Å². The first-order valence-corrected chi connectivity index (χ1v) is 13.1. The molecule has 36 heavy (non-hydrogen) atoms. The van der Waals surface area contributed by atoms with Gasteiger partial charge in [0.05, 0.1) is 5.56 Å². The molecule has 0 saturated carbocycles. The van der Waals surface area contributed by atoms with Crippen LogP contribution in [0.5, 0.6) is 5.75 Å². The van der Waals surface area contributed by atoms with Gasteiger partial charge in [-0.15, -0.1) is 0 Å². The first-order chi connectivity index (χ1) is 17.5. The molecule has 0 radical (unpaired) electrons. The normalized spacial score (nSPS) is 15.7. The number of anilines is 2. The summed E-state index contributed by atoms with van der Waals surface area (Å²) >= 11 is 3.46. The zero-order valence-corrected chi connectivity index (χ0v) is 22.0. The van der Waals surface area contributed by atoms with E-state index >= 15 is 0 Å². The van der Waals surface area contributed by atoms with Crippen molar-refractivity contribution in [2.24, 2.45) is 0 Å². The minimum atomic E-state index is -0.331. The van der Waals surface area contributed by atoms with Gasteiger partial charge in [-0.25, -0.2) is 0 Å². The topological polar surface area (TPSA) is 41.6 Å². The van der Waals surface area contributed by atoms with Gasteiger partial charge in [0.25, 0.3) is 5.91 Å². The third kappa shape index (κ3) is 5.02. The van der Waals surface area contributed by atoms with Crippen LogP contribution in [0.4, 0.5) is 11.4 Å². The second-order valence-electron chi connectivity index (χ2n) is 9.15. The SMILES string of the molecule is CC[C@H](C)c1ccc(N2C(=O)c3ccccc3N[C@@H]2c2ccc(OCc3ccc(Br)cc3)cc2)cc1. The Kier molecular flexibility index (Phi) is 7.10. The van der Waals surface area contributed by atoms with Gasteiger partial charge >= 0.3 is 0 Å². The Morgan fingerprint density at radius 2 is 1.61 bits per heavy atom. The third-order valence-electron chi connectivity index (χ3n) is 6.79. The molecule has 0 aromatic heterocycles. The molecule has 1 amide bonds. The lowest BCUT2D eigenvalue weighted by Crippen LogP contribution is -2.43. The van der Waals surface area contributed by atoms with Gasteiger partial charge in [0.2, 0.25) is 0 Å². The number of nitrogens with one attached hydrogen (secondary N) is 1. The van der Waals surface area contributed by atoms with Crippen LogP contribution in [-0.4, -0.2) is 5.91 Å². The number of para-hydroxylation sites is 1. The highest BCUT2D eigenvalue weighted by atomic mass is 79.9. The molecule has 5 rings (SSSR count). The first-order valence-electron chi connectivity index (χ1n) is 12.3. The summed E-state index contributed by atoms with van der Waals surface area (Å²) in [6, 6.07) is 32.1. The summed E-state index contributed by atoms with van der Waals surface area (Å²) < 4.78 is 7.04. The molecule has 0 bridgehead atoms. The molecule has 5 heteroatoms. The number of ether oxygens (including phenoxy) is 1. The van der Waals surface area contributed by atoms with E-state index in [0.717, 1.165) is 39.1 Å². The fourth-order valence-corrected chi connectivity index (χ4v) is 4.71. The van der Waals surface area contributed by atoms with Crippen molar-refractivity contribution in [1.29, 1.82) is 0 Å². The number of hydrogen-bond donors (Lipinski definition) is 1. The van der Waals surface area contributed by atoms with Gasteiger partial charge in [-0.3, -0.25) is 9.69 Å². The molecule has 0 spiro atoms. The molecule has 0 aliphatic carbocycles. The summed E-state index contributed by atoms with van der Waals surface area (Å²) in [5.74, 6) is 1.26. The van der Waals surface area contributed by atoms with Crippen molar-refractivity contribution in [3.05, 3.63) is 124 Å². The zero-order valence-electron chi connectivity index (χ0n) is 20.4. The fraction of sp³-hybridized carbons (Fsp3) is 0.194. The summed E-state index contributed by atoms with van der Waals surface area (Å²) in [4.78, 5) is 15.5. The molecule has 0 fully saturated rings. The Bertz CT molecular complexity index is 1330. The highest BCUT2D eigenvalue weighted by Gasteiger charge is 2.34. The Balaban J connectivity index is 1.42. The van der Waals surface area contributed by atoms with E-state index in [2.05, 4.69) is 59.4 Å². The number of nitrogens with zero attached hydrogens (tertiary/aromatic N) is 1. The zero-order chi connectivity index (χ0) is 25.1. The summed E-state index contributed by atoms with van der Waals surface area (Å²) in [5, 5.41) is 3.58. The number of carbonyl (C=O) groups is 1. The van der Waals surface area contributed by atoms with Gasteiger partial charge in [0, 0.05) is 15.8 Å². The van der Waals surface area contributed by atoms with Crippen LogP contribution in [0, 0.1) is 0 Å². The predicted octanol–water partition coefficient (Wildman–Crippen LogP) is 8.31. The Labute approximate surface area is 221 Å². The van der Waals surface area contributed by atoms with Gasteiger partial charge in [-0.2, -0.15) is 0 Å². The maximum absolute atomic E-state index is 13.7.